The summed E-state index contributed by atoms with van der Waals surface area (Å²) in [6.07, 6.45) is 8.26. The Labute approximate surface area is 138 Å². The molecule has 0 aliphatic heterocycles. The van der Waals surface area contributed by atoms with Crippen molar-refractivity contribution < 1.29 is 19.8 Å². The van der Waals surface area contributed by atoms with Crippen LogP contribution in [0.1, 0.15) is 77.6 Å². The average Bonchev–Trinajstić information content (AvgIpc) is 2.48. The summed E-state index contributed by atoms with van der Waals surface area (Å²) < 4.78 is 0. The second-order valence-electron chi connectivity index (χ2n) is 7.25. The van der Waals surface area contributed by atoms with Gasteiger partial charge in [0.2, 0.25) is 0 Å². The van der Waals surface area contributed by atoms with Gasteiger partial charge in [-0.2, -0.15) is 0 Å². The lowest BCUT2D eigenvalue weighted by Crippen LogP contribution is -2.66. The van der Waals surface area contributed by atoms with Crippen LogP contribution in [0.15, 0.2) is 0 Å². The summed E-state index contributed by atoms with van der Waals surface area (Å²) in [6, 6.07) is 0. The van der Waals surface area contributed by atoms with E-state index in [1.807, 2.05) is 0 Å². The van der Waals surface area contributed by atoms with E-state index in [2.05, 4.69) is 17.6 Å². The number of carbonyl (C=O) groups is 2. The van der Waals surface area contributed by atoms with E-state index >= 15 is 0 Å². The zero-order valence-electron chi connectivity index (χ0n) is 14.1. The highest BCUT2D eigenvalue weighted by atomic mass is 16.4. The molecule has 23 heavy (non-hydrogen) atoms. The molecule has 132 valence electrons. The van der Waals surface area contributed by atoms with E-state index in [1.54, 1.807) is 0 Å². The third kappa shape index (κ3) is 3.90. The Kier molecular flexibility index (Phi) is 5.76. The monoisotopic (exact) mass is 326 g/mol. The highest BCUT2D eigenvalue weighted by molar-refractivity contribution is 5.67. The van der Waals surface area contributed by atoms with E-state index in [-0.39, 0.29) is 5.92 Å². The van der Waals surface area contributed by atoms with Crippen LogP contribution in [0, 0.1) is 5.92 Å². The van der Waals surface area contributed by atoms with Crippen LogP contribution >= 0.6 is 0 Å². The number of amides is 2. The Morgan fingerprint density at radius 3 is 1.43 bits per heavy atom. The summed E-state index contributed by atoms with van der Waals surface area (Å²) in [5, 5.41) is 24.4. The van der Waals surface area contributed by atoms with Crippen LogP contribution in [0.25, 0.3) is 0 Å². The standard InChI is InChI=1S/C17H30N2O4/c1-2-13(16(18-14(20)21)9-5-3-6-10-16)17(19-15(22)23)11-7-4-8-12-17/h13,18-19H,2-12H2,1H3,(H,20,21)(H,22,23). The van der Waals surface area contributed by atoms with E-state index in [0.717, 1.165) is 70.6 Å². The molecule has 6 nitrogen and oxygen atoms in total. The first kappa shape index (κ1) is 17.9. The summed E-state index contributed by atoms with van der Waals surface area (Å²) in [5.41, 5.74) is -1.00. The maximum atomic E-state index is 11.5. The van der Waals surface area contributed by atoms with Gasteiger partial charge in [0, 0.05) is 17.0 Å². The highest BCUT2D eigenvalue weighted by Gasteiger charge is 2.52. The second kappa shape index (κ2) is 7.41. The fraction of sp³-hybridized carbons (Fsp3) is 0.882. The van der Waals surface area contributed by atoms with Gasteiger partial charge in [-0.05, 0) is 32.1 Å². The van der Waals surface area contributed by atoms with Crippen molar-refractivity contribution in [2.45, 2.75) is 88.6 Å². The predicted molar refractivity (Wildman–Crippen MR) is 87.7 cm³/mol. The molecule has 4 N–H and O–H groups in total. The van der Waals surface area contributed by atoms with Gasteiger partial charge in [-0.15, -0.1) is 0 Å². The van der Waals surface area contributed by atoms with Gasteiger partial charge in [-0.1, -0.05) is 45.4 Å². The van der Waals surface area contributed by atoms with Gasteiger partial charge in [0.05, 0.1) is 0 Å². The van der Waals surface area contributed by atoms with E-state index in [1.165, 1.54) is 0 Å². The topological polar surface area (TPSA) is 98.7 Å². The molecule has 2 aliphatic rings. The molecule has 0 atom stereocenters. The molecule has 6 heteroatoms. The maximum absolute atomic E-state index is 11.5. The number of hydrogen-bond donors (Lipinski definition) is 4. The molecule has 0 unspecified atom stereocenters. The number of nitrogens with one attached hydrogen (secondary N) is 2. The molecule has 0 bridgehead atoms. The fourth-order valence-electron chi connectivity index (χ4n) is 5.22. The molecule has 0 heterocycles. The van der Waals surface area contributed by atoms with E-state index in [0.29, 0.717) is 0 Å². The Balaban J connectivity index is 2.37. The van der Waals surface area contributed by atoms with E-state index in [9.17, 15) is 19.8 Å². The van der Waals surface area contributed by atoms with Crippen LogP contribution in [0.4, 0.5) is 9.59 Å². The normalized spacial score (nSPS) is 23.2. The zero-order valence-corrected chi connectivity index (χ0v) is 14.1. The van der Waals surface area contributed by atoms with E-state index < -0.39 is 23.3 Å². The molecule has 0 saturated heterocycles. The van der Waals surface area contributed by atoms with Crippen molar-refractivity contribution in [2.24, 2.45) is 5.92 Å². The molecule has 0 aromatic rings. The lowest BCUT2D eigenvalue weighted by Gasteiger charge is -2.53. The Morgan fingerprint density at radius 2 is 1.17 bits per heavy atom. The van der Waals surface area contributed by atoms with Crippen LogP contribution in [-0.2, 0) is 0 Å². The molecule has 2 rings (SSSR count). The molecule has 2 amide bonds. The molecule has 0 spiro atoms. The molecule has 2 fully saturated rings. The average molecular weight is 326 g/mol. The highest BCUT2D eigenvalue weighted by Crippen LogP contribution is 2.46. The van der Waals surface area contributed by atoms with Crippen LogP contribution in [0.3, 0.4) is 0 Å². The summed E-state index contributed by atoms with van der Waals surface area (Å²) in [5.74, 6) is 0.00259. The minimum atomic E-state index is -0.994. The summed E-state index contributed by atoms with van der Waals surface area (Å²) >= 11 is 0. The molecule has 2 aliphatic carbocycles. The number of carboxylic acid groups (broad SMARTS) is 2. The molecule has 0 aromatic carbocycles. The third-order valence-electron chi connectivity index (χ3n) is 5.95. The van der Waals surface area contributed by atoms with Gasteiger partial charge < -0.3 is 20.8 Å². The van der Waals surface area contributed by atoms with Crippen molar-refractivity contribution in [2.75, 3.05) is 0 Å². The van der Waals surface area contributed by atoms with Crippen LogP contribution < -0.4 is 10.6 Å². The molecular weight excluding hydrogens is 296 g/mol. The summed E-state index contributed by atoms with van der Waals surface area (Å²) in [4.78, 5) is 22.9. The van der Waals surface area contributed by atoms with Crippen LogP contribution in [0.5, 0.6) is 0 Å². The predicted octanol–water partition coefficient (Wildman–Crippen LogP) is 3.95. The summed E-state index contributed by atoms with van der Waals surface area (Å²) in [6.45, 7) is 2.06. The third-order valence-corrected chi connectivity index (χ3v) is 5.95. The first-order chi connectivity index (χ1) is 10.9. The SMILES string of the molecule is CCC(C1(NC(=O)O)CCCCC1)C1(NC(=O)O)CCCCC1. The van der Waals surface area contributed by atoms with Crippen molar-refractivity contribution in [3.8, 4) is 0 Å². The summed E-state index contributed by atoms with van der Waals surface area (Å²) in [7, 11) is 0. The van der Waals surface area contributed by atoms with Crippen molar-refractivity contribution in [1.29, 1.82) is 0 Å². The molecule has 0 radical (unpaired) electrons. The van der Waals surface area contributed by atoms with Crippen molar-refractivity contribution in [3.05, 3.63) is 0 Å². The quantitative estimate of drug-likeness (QED) is 0.614. The smallest absolute Gasteiger partial charge is 0.405 e. The minimum Gasteiger partial charge on any atom is -0.465 e. The maximum Gasteiger partial charge on any atom is 0.405 e. The number of rotatable bonds is 5. The first-order valence-electron chi connectivity index (χ1n) is 8.96. The zero-order chi connectivity index (χ0) is 16.9. The van der Waals surface area contributed by atoms with Crippen molar-refractivity contribution in [3.63, 3.8) is 0 Å². The Hall–Kier alpha value is -1.46. The second-order valence-corrected chi connectivity index (χ2v) is 7.25. The minimum absolute atomic E-state index is 0.00259. The van der Waals surface area contributed by atoms with Gasteiger partial charge in [-0.3, -0.25) is 0 Å². The Bertz CT molecular complexity index is 388. The van der Waals surface area contributed by atoms with Gasteiger partial charge in [0.15, 0.2) is 0 Å². The van der Waals surface area contributed by atoms with Crippen LogP contribution in [-0.4, -0.2) is 33.5 Å². The first-order valence-corrected chi connectivity index (χ1v) is 8.96. The Morgan fingerprint density at radius 1 is 0.826 bits per heavy atom. The van der Waals surface area contributed by atoms with Crippen molar-refractivity contribution >= 4 is 12.2 Å². The van der Waals surface area contributed by atoms with Crippen LogP contribution in [0.2, 0.25) is 0 Å². The molecular formula is C17H30N2O4. The van der Waals surface area contributed by atoms with Gasteiger partial charge in [0.25, 0.3) is 0 Å². The lowest BCUT2D eigenvalue weighted by molar-refractivity contribution is 0.0344. The molecule has 2 saturated carbocycles. The fourth-order valence-corrected chi connectivity index (χ4v) is 5.22. The van der Waals surface area contributed by atoms with Crippen molar-refractivity contribution in [1.82, 2.24) is 10.6 Å². The number of hydrogen-bond acceptors (Lipinski definition) is 2. The molecule has 0 aromatic heterocycles. The van der Waals surface area contributed by atoms with Gasteiger partial charge in [0.1, 0.15) is 0 Å². The van der Waals surface area contributed by atoms with Gasteiger partial charge >= 0.3 is 12.2 Å². The van der Waals surface area contributed by atoms with Gasteiger partial charge in [-0.25, -0.2) is 9.59 Å². The lowest BCUT2D eigenvalue weighted by atomic mass is 9.60. The largest absolute Gasteiger partial charge is 0.465 e. The van der Waals surface area contributed by atoms with E-state index in [4.69, 9.17) is 0 Å².